The van der Waals surface area contributed by atoms with Crippen LogP contribution in [-0.2, 0) is 0 Å². The number of rotatable bonds is 2. The van der Waals surface area contributed by atoms with Gasteiger partial charge in [0.15, 0.2) is 0 Å². The van der Waals surface area contributed by atoms with Gasteiger partial charge in [-0.25, -0.2) is 4.79 Å². The van der Waals surface area contributed by atoms with E-state index in [2.05, 4.69) is 5.32 Å². The van der Waals surface area contributed by atoms with Crippen molar-refractivity contribution < 1.29 is 9.59 Å². The molecule has 0 aromatic heterocycles. The second-order valence-electron chi connectivity index (χ2n) is 4.85. The Morgan fingerprint density at radius 3 is 2.43 bits per heavy atom. The molecule has 1 aliphatic rings. The SMILES string of the molecule is CCNC(=O)N1CCN(C(=O)c2ccc(N)c(Cl)c2)CC1. The van der Waals surface area contributed by atoms with Crippen LogP contribution < -0.4 is 11.1 Å². The molecule has 1 aromatic carbocycles. The molecule has 1 aromatic rings. The van der Waals surface area contributed by atoms with E-state index in [0.717, 1.165) is 0 Å². The molecule has 0 unspecified atom stereocenters. The number of nitrogens with one attached hydrogen (secondary N) is 1. The largest absolute Gasteiger partial charge is 0.398 e. The minimum atomic E-state index is -0.0903. The summed E-state index contributed by atoms with van der Waals surface area (Å²) in [6.07, 6.45) is 0. The smallest absolute Gasteiger partial charge is 0.317 e. The maximum Gasteiger partial charge on any atom is 0.317 e. The van der Waals surface area contributed by atoms with Crippen molar-refractivity contribution in [2.45, 2.75) is 6.92 Å². The number of hydrogen-bond acceptors (Lipinski definition) is 3. The van der Waals surface area contributed by atoms with Crippen LogP contribution in [0.3, 0.4) is 0 Å². The summed E-state index contributed by atoms with van der Waals surface area (Å²) in [4.78, 5) is 27.5. The summed E-state index contributed by atoms with van der Waals surface area (Å²) in [6, 6.07) is 4.79. The topological polar surface area (TPSA) is 78.7 Å². The lowest BCUT2D eigenvalue weighted by atomic mass is 10.1. The van der Waals surface area contributed by atoms with Crippen LogP contribution >= 0.6 is 11.6 Å². The fourth-order valence-electron chi connectivity index (χ4n) is 2.22. The molecule has 1 aliphatic heterocycles. The van der Waals surface area contributed by atoms with Crippen LogP contribution in [0, 0.1) is 0 Å². The first-order valence-corrected chi connectivity index (χ1v) is 7.27. The highest BCUT2D eigenvalue weighted by atomic mass is 35.5. The van der Waals surface area contributed by atoms with Crippen LogP contribution in [0.1, 0.15) is 17.3 Å². The maximum atomic E-state index is 12.4. The molecule has 1 heterocycles. The highest BCUT2D eigenvalue weighted by Gasteiger charge is 2.24. The molecule has 7 heteroatoms. The third-order valence-electron chi connectivity index (χ3n) is 3.43. The number of hydrogen-bond donors (Lipinski definition) is 2. The Hall–Kier alpha value is -1.95. The predicted octanol–water partition coefficient (Wildman–Crippen LogP) is 1.41. The van der Waals surface area contributed by atoms with Gasteiger partial charge in [-0.05, 0) is 25.1 Å². The lowest BCUT2D eigenvalue weighted by molar-refractivity contribution is 0.0665. The van der Waals surface area contributed by atoms with Crippen LogP contribution in [-0.4, -0.2) is 54.5 Å². The van der Waals surface area contributed by atoms with Gasteiger partial charge in [-0.3, -0.25) is 4.79 Å². The lowest BCUT2D eigenvalue weighted by Crippen LogP contribution is -2.53. The molecule has 21 heavy (non-hydrogen) atoms. The van der Waals surface area contributed by atoms with Crippen LogP contribution in [0.15, 0.2) is 18.2 Å². The molecule has 1 fully saturated rings. The summed E-state index contributed by atoms with van der Waals surface area (Å²) in [6.45, 7) is 4.56. The van der Waals surface area contributed by atoms with Crippen molar-refractivity contribution in [1.82, 2.24) is 15.1 Å². The van der Waals surface area contributed by atoms with Crippen LogP contribution in [0.25, 0.3) is 0 Å². The number of amides is 3. The number of benzene rings is 1. The molecule has 0 radical (unpaired) electrons. The quantitative estimate of drug-likeness (QED) is 0.811. The highest BCUT2D eigenvalue weighted by molar-refractivity contribution is 6.33. The van der Waals surface area contributed by atoms with Gasteiger partial charge >= 0.3 is 6.03 Å². The number of nitrogens with zero attached hydrogens (tertiary/aromatic N) is 2. The molecule has 114 valence electrons. The summed E-state index contributed by atoms with van der Waals surface area (Å²) in [5.41, 5.74) is 6.61. The van der Waals surface area contributed by atoms with Crippen molar-refractivity contribution in [2.75, 3.05) is 38.5 Å². The van der Waals surface area contributed by atoms with Crippen molar-refractivity contribution in [3.05, 3.63) is 28.8 Å². The molecule has 0 atom stereocenters. The van der Waals surface area contributed by atoms with Crippen molar-refractivity contribution in [1.29, 1.82) is 0 Å². The minimum Gasteiger partial charge on any atom is -0.398 e. The Kier molecular flexibility index (Phi) is 4.90. The van der Waals surface area contributed by atoms with Crippen molar-refractivity contribution in [2.24, 2.45) is 0 Å². The van der Waals surface area contributed by atoms with Gasteiger partial charge < -0.3 is 20.9 Å². The van der Waals surface area contributed by atoms with Crippen LogP contribution in [0.2, 0.25) is 5.02 Å². The second-order valence-corrected chi connectivity index (χ2v) is 5.26. The van der Waals surface area contributed by atoms with Gasteiger partial charge in [0.05, 0.1) is 10.7 Å². The molecule has 3 amide bonds. The van der Waals surface area contributed by atoms with E-state index in [9.17, 15) is 9.59 Å². The molecule has 0 saturated carbocycles. The summed E-state index contributed by atoms with van der Waals surface area (Å²) in [7, 11) is 0. The monoisotopic (exact) mass is 310 g/mol. The first-order chi connectivity index (χ1) is 10.0. The predicted molar refractivity (Wildman–Crippen MR) is 82.4 cm³/mol. The van der Waals surface area contributed by atoms with E-state index in [-0.39, 0.29) is 11.9 Å². The third kappa shape index (κ3) is 3.58. The van der Waals surface area contributed by atoms with Gasteiger partial charge in [0.2, 0.25) is 0 Å². The first kappa shape index (κ1) is 15.4. The molecular formula is C14H19ClN4O2. The Balaban J connectivity index is 1.97. The van der Waals surface area contributed by atoms with E-state index >= 15 is 0 Å². The number of piperazine rings is 1. The van der Waals surface area contributed by atoms with Gasteiger partial charge in [0.25, 0.3) is 5.91 Å². The number of urea groups is 1. The normalized spacial score (nSPS) is 15.0. The molecule has 2 rings (SSSR count). The van der Waals surface area contributed by atoms with Gasteiger partial charge in [0, 0.05) is 38.3 Å². The van der Waals surface area contributed by atoms with Gasteiger partial charge in [-0.1, -0.05) is 11.6 Å². The first-order valence-electron chi connectivity index (χ1n) is 6.90. The van der Waals surface area contributed by atoms with E-state index in [1.54, 1.807) is 28.0 Å². The summed E-state index contributed by atoms with van der Waals surface area (Å²) >= 11 is 5.94. The summed E-state index contributed by atoms with van der Waals surface area (Å²) in [5.74, 6) is -0.0903. The number of nitrogen functional groups attached to an aromatic ring is 1. The Morgan fingerprint density at radius 1 is 1.24 bits per heavy atom. The zero-order valence-electron chi connectivity index (χ0n) is 11.9. The zero-order chi connectivity index (χ0) is 15.4. The van der Waals surface area contributed by atoms with Crippen LogP contribution in [0.4, 0.5) is 10.5 Å². The summed E-state index contributed by atoms with van der Waals surface area (Å²) in [5, 5.41) is 3.13. The number of carbonyl (C=O) groups is 2. The van der Waals surface area contributed by atoms with Crippen molar-refractivity contribution in [3.8, 4) is 0 Å². The van der Waals surface area contributed by atoms with E-state index in [1.165, 1.54) is 0 Å². The van der Waals surface area contributed by atoms with E-state index in [4.69, 9.17) is 17.3 Å². The highest BCUT2D eigenvalue weighted by Crippen LogP contribution is 2.21. The molecule has 6 nitrogen and oxygen atoms in total. The zero-order valence-corrected chi connectivity index (χ0v) is 12.7. The fourth-order valence-corrected chi connectivity index (χ4v) is 2.40. The van der Waals surface area contributed by atoms with Crippen molar-refractivity contribution in [3.63, 3.8) is 0 Å². The fraction of sp³-hybridized carbons (Fsp3) is 0.429. The van der Waals surface area contributed by atoms with Gasteiger partial charge in [-0.15, -0.1) is 0 Å². The number of halogens is 1. The van der Waals surface area contributed by atoms with E-state index < -0.39 is 0 Å². The standard InChI is InChI=1S/C14H19ClN4O2/c1-2-17-14(21)19-7-5-18(6-8-19)13(20)10-3-4-12(16)11(15)9-10/h3-4,9H,2,5-8,16H2,1H3,(H,17,21). The summed E-state index contributed by atoms with van der Waals surface area (Å²) < 4.78 is 0. The lowest BCUT2D eigenvalue weighted by Gasteiger charge is -2.34. The minimum absolute atomic E-state index is 0.0832. The second kappa shape index (κ2) is 6.67. The molecular weight excluding hydrogens is 292 g/mol. The molecule has 3 N–H and O–H groups in total. The molecule has 0 bridgehead atoms. The third-order valence-corrected chi connectivity index (χ3v) is 3.76. The van der Waals surface area contributed by atoms with E-state index in [0.29, 0.717) is 49.0 Å². The molecule has 1 saturated heterocycles. The molecule has 0 aliphatic carbocycles. The van der Waals surface area contributed by atoms with Crippen molar-refractivity contribution >= 4 is 29.2 Å². The number of nitrogens with two attached hydrogens (primary N) is 1. The Labute approximate surface area is 128 Å². The average Bonchev–Trinajstić information content (AvgIpc) is 2.50. The van der Waals surface area contributed by atoms with E-state index in [1.807, 2.05) is 6.92 Å². The number of anilines is 1. The Bertz CT molecular complexity index is 542. The average molecular weight is 311 g/mol. The maximum absolute atomic E-state index is 12.4. The van der Waals surface area contributed by atoms with Crippen LogP contribution in [0.5, 0.6) is 0 Å². The van der Waals surface area contributed by atoms with Gasteiger partial charge in [-0.2, -0.15) is 0 Å². The van der Waals surface area contributed by atoms with Gasteiger partial charge in [0.1, 0.15) is 0 Å². The molecule has 0 spiro atoms. The Morgan fingerprint density at radius 2 is 1.86 bits per heavy atom. The number of carbonyl (C=O) groups excluding carboxylic acids is 2.